The molecule has 1 aromatic rings. The molecule has 0 unspecified atom stereocenters. The second kappa shape index (κ2) is 8.17. The second-order valence-electron chi connectivity index (χ2n) is 8.31. The number of aliphatic imine (C=N–C) groups is 1. The van der Waals surface area contributed by atoms with Crippen LogP contribution in [-0.2, 0) is 14.3 Å². The molecule has 2 aliphatic heterocycles. The number of hydrogen-bond acceptors (Lipinski definition) is 5. The maximum Gasteiger partial charge on any atom is 0.326 e. The first-order valence-corrected chi connectivity index (χ1v) is 9.89. The average molecular weight is 383 g/mol. The highest BCUT2D eigenvalue weighted by molar-refractivity contribution is 6.14. The molecule has 2 heterocycles. The van der Waals surface area contributed by atoms with Crippen LogP contribution in [0.15, 0.2) is 35.0 Å². The number of hydrogen-bond donors (Lipinski definition) is 0. The van der Waals surface area contributed by atoms with E-state index in [0.717, 1.165) is 18.7 Å². The normalized spacial score (nSPS) is 19.2. The summed E-state index contributed by atoms with van der Waals surface area (Å²) in [6.07, 6.45) is 5.55. The summed E-state index contributed by atoms with van der Waals surface area (Å²) in [6, 6.07) is 8.19. The molecule has 0 saturated carbocycles. The molecule has 0 aromatic heterocycles. The van der Waals surface area contributed by atoms with E-state index in [0.29, 0.717) is 11.5 Å². The van der Waals surface area contributed by atoms with E-state index in [9.17, 15) is 9.59 Å². The molecule has 0 bridgehead atoms. The Hall–Kier alpha value is -2.63. The van der Waals surface area contributed by atoms with Crippen LogP contribution in [0.1, 0.15) is 52.5 Å². The van der Waals surface area contributed by atoms with Gasteiger partial charge in [-0.25, -0.2) is 4.99 Å². The van der Waals surface area contributed by atoms with Crippen LogP contribution in [0, 0.1) is 0 Å². The quantitative estimate of drug-likeness (QED) is 0.588. The fourth-order valence-electron chi connectivity index (χ4n) is 3.44. The summed E-state index contributed by atoms with van der Waals surface area (Å²) in [6.45, 7) is 9.20. The van der Waals surface area contributed by atoms with Crippen molar-refractivity contribution in [2.24, 2.45) is 4.99 Å². The van der Waals surface area contributed by atoms with Gasteiger partial charge in [-0.3, -0.25) is 14.5 Å². The topological polar surface area (TPSA) is 62.2 Å². The first-order valence-electron chi connectivity index (χ1n) is 9.89. The van der Waals surface area contributed by atoms with E-state index in [1.165, 1.54) is 29.8 Å². The second-order valence-corrected chi connectivity index (χ2v) is 8.31. The standard InChI is InChI=1S/C22H29N3O3/c1-16-23-19(21(27)25(16)15-20(26)28-22(2,3)4)14-17-8-10-18(11-9-17)24-12-6-5-7-13-24/h8-11,14H,5-7,12-13,15H2,1-4H3/b19-14-. The van der Waals surface area contributed by atoms with Crippen LogP contribution in [0.2, 0.25) is 0 Å². The van der Waals surface area contributed by atoms with Crippen molar-refractivity contribution in [3.63, 3.8) is 0 Å². The zero-order valence-electron chi connectivity index (χ0n) is 17.2. The van der Waals surface area contributed by atoms with Crippen LogP contribution in [0.3, 0.4) is 0 Å². The summed E-state index contributed by atoms with van der Waals surface area (Å²) in [4.78, 5) is 32.8. The Morgan fingerprint density at radius 3 is 2.39 bits per heavy atom. The maximum absolute atomic E-state index is 12.7. The van der Waals surface area contributed by atoms with Crippen molar-refractivity contribution in [2.45, 2.75) is 52.6 Å². The lowest BCUT2D eigenvalue weighted by Crippen LogP contribution is -2.38. The molecular weight excluding hydrogens is 354 g/mol. The number of rotatable bonds is 4. The van der Waals surface area contributed by atoms with E-state index in [1.54, 1.807) is 33.8 Å². The van der Waals surface area contributed by atoms with Gasteiger partial charge >= 0.3 is 5.97 Å². The predicted molar refractivity (Wildman–Crippen MR) is 111 cm³/mol. The van der Waals surface area contributed by atoms with Gasteiger partial charge in [0.05, 0.1) is 0 Å². The number of piperidine rings is 1. The van der Waals surface area contributed by atoms with E-state index in [-0.39, 0.29) is 12.5 Å². The Bertz CT molecular complexity index is 797. The predicted octanol–water partition coefficient (Wildman–Crippen LogP) is 3.62. The molecule has 0 aliphatic carbocycles. The van der Waals surface area contributed by atoms with Crippen LogP contribution in [0.5, 0.6) is 0 Å². The van der Waals surface area contributed by atoms with Crippen LogP contribution in [-0.4, -0.2) is 47.8 Å². The van der Waals surface area contributed by atoms with E-state index in [2.05, 4.69) is 22.0 Å². The summed E-state index contributed by atoms with van der Waals surface area (Å²) in [5.74, 6) is -0.210. The van der Waals surface area contributed by atoms with Gasteiger partial charge in [-0.05, 0) is 70.7 Å². The summed E-state index contributed by atoms with van der Waals surface area (Å²) in [5.41, 5.74) is 1.89. The highest BCUT2D eigenvalue weighted by atomic mass is 16.6. The third-order valence-corrected chi connectivity index (χ3v) is 4.76. The fraction of sp³-hybridized carbons (Fsp3) is 0.500. The number of esters is 1. The minimum Gasteiger partial charge on any atom is -0.459 e. The van der Waals surface area contributed by atoms with Gasteiger partial charge in [0.1, 0.15) is 23.7 Å². The van der Waals surface area contributed by atoms with Crippen molar-refractivity contribution in [1.82, 2.24) is 4.90 Å². The SMILES string of the molecule is CC1=N/C(=C\c2ccc(N3CCCCC3)cc2)C(=O)N1CC(=O)OC(C)(C)C. The molecule has 0 atom stereocenters. The number of amides is 1. The number of nitrogens with zero attached hydrogens (tertiary/aromatic N) is 3. The first kappa shape index (κ1) is 20.1. The number of amidine groups is 1. The van der Waals surface area contributed by atoms with E-state index in [4.69, 9.17) is 4.74 Å². The monoisotopic (exact) mass is 383 g/mol. The summed E-state index contributed by atoms with van der Waals surface area (Å²) in [5, 5.41) is 0. The molecule has 0 spiro atoms. The molecule has 1 aromatic carbocycles. The number of ether oxygens (including phenoxy) is 1. The first-order chi connectivity index (χ1) is 13.2. The molecule has 1 fully saturated rings. The molecular formula is C22H29N3O3. The van der Waals surface area contributed by atoms with Crippen LogP contribution in [0.4, 0.5) is 5.69 Å². The largest absolute Gasteiger partial charge is 0.459 e. The molecule has 6 heteroatoms. The van der Waals surface area contributed by atoms with E-state index >= 15 is 0 Å². The average Bonchev–Trinajstić information content (AvgIpc) is 2.89. The Labute approximate surface area is 166 Å². The van der Waals surface area contributed by atoms with Crippen LogP contribution < -0.4 is 4.90 Å². The highest BCUT2D eigenvalue weighted by Crippen LogP contribution is 2.23. The van der Waals surface area contributed by atoms with Crippen molar-refractivity contribution >= 4 is 29.5 Å². The molecule has 1 amide bonds. The van der Waals surface area contributed by atoms with Gasteiger partial charge in [0.15, 0.2) is 0 Å². The van der Waals surface area contributed by atoms with Crippen LogP contribution in [0.25, 0.3) is 6.08 Å². The fourth-order valence-corrected chi connectivity index (χ4v) is 3.44. The Morgan fingerprint density at radius 2 is 1.79 bits per heavy atom. The molecule has 0 N–H and O–H groups in total. The molecule has 28 heavy (non-hydrogen) atoms. The van der Waals surface area contributed by atoms with Gasteiger partial charge in [-0.2, -0.15) is 0 Å². The Kier molecular flexibility index (Phi) is 5.87. The van der Waals surface area contributed by atoms with Gasteiger partial charge in [-0.15, -0.1) is 0 Å². The van der Waals surface area contributed by atoms with Crippen LogP contribution >= 0.6 is 0 Å². The number of anilines is 1. The van der Waals surface area contributed by atoms with Crippen molar-refractivity contribution in [1.29, 1.82) is 0 Å². The number of carbonyl (C=O) groups is 2. The lowest BCUT2D eigenvalue weighted by molar-refractivity contribution is -0.156. The van der Waals surface area contributed by atoms with Crippen molar-refractivity contribution in [3.05, 3.63) is 35.5 Å². The zero-order valence-corrected chi connectivity index (χ0v) is 17.2. The molecule has 0 radical (unpaired) electrons. The van der Waals surface area contributed by atoms with Crippen molar-refractivity contribution < 1.29 is 14.3 Å². The lowest BCUT2D eigenvalue weighted by atomic mass is 10.1. The molecule has 6 nitrogen and oxygen atoms in total. The minimum atomic E-state index is -0.584. The highest BCUT2D eigenvalue weighted by Gasteiger charge is 2.30. The maximum atomic E-state index is 12.7. The Balaban J connectivity index is 1.67. The van der Waals surface area contributed by atoms with Crippen molar-refractivity contribution in [2.75, 3.05) is 24.5 Å². The number of benzene rings is 1. The molecule has 2 aliphatic rings. The molecule has 3 rings (SSSR count). The summed E-state index contributed by atoms with van der Waals surface area (Å²) < 4.78 is 5.31. The third-order valence-electron chi connectivity index (χ3n) is 4.76. The molecule has 1 saturated heterocycles. The van der Waals surface area contributed by atoms with Gasteiger partial charge in [0.2, 0.25) is 0 Å². The smallest absolute Gasteiger partial charge is 0.326 e. The minimum absolute atomic E-state index is 0.128. The summed E-state index contributed by atoms with van der Waals surface area (Å²) >= 11 is 0. The van der Waals surface area contributed by atoms with Gasteiger partial charge in [-0.1, -0.05) is 12.1 Å². The van der Waals surface area contributed by atoms with Crippen molar-refractivity contribution in [3.8, 4) is 0 Å². The molecule has 150 valence electrons. The Morgan fingerprint density at radius 1 is 1.14 bits per heavy atom. The van der Waals surface area contributed by atoms with Gasteiger partial charge in [0.25, 0.3) is 5.91 Å². The number of carbonyl (C=O) groups excluding carboxylic acids is 2. The van der Waals surface area contributed by atoms with Gasteiger partial charge < -0.3 is 9.64 Å². The van der Waals surface area contributed by atoms with E-state index < -0.39 is 11.6 Å². The third kappa shape index (κ3) is 5.00. The summed E-state index contributed by atoms with van der Waals surface area (Å²) in [7, 11) is 0. The van der Waals surface area contributed by atoms with E-state index in [1.807, 2.05) is 12.1 Å². The lowest BCUT2D eigenvalue weighted by Gasteiger charge is -2.28. The van der Waals surface area contributed by atoms with Gasteiger partial charge in [0, 0.05) is 18.8 Å². The zero-order chi connectivity index (χ0) is 20.3.